The van der Waals surface area contributed by atoms with Crippen molar-refractivity contribution in [3.63, 3.8) is 0 Å². The number of nitro groups is 1. The third-order valence-electron chi connectivity index (χ3n) is 2.08. The molecule has 5 nitrogen and oxygen atoms in total. The largest absolute Gasteiger partial charge is 0.392 e. The molecular weight excluding hydrogens is 215 g/mol. The summed E-state index contributed by atoms with van der Waals surface area (Å²) in [7, 11) is 1.56. The number of hydrogen-bond acceptors (Lipinski definition) is 4. The maximum atomic E-state index is 13.0. The first-order chi connectivity index (χ1) is 7.41. The van der Waals surface area contributed by atoms with Crippen LogP contribution in [0.4, 0.5) is 15.8 Å². The second-order valence-corrected chi connectivity index (χ2v) is 3.62. The lowest BCUT2D eigenvalue weighted by Crippen LogP contribution is -2.27. The molecule has 1 atom stereocenters. The third kappa shape index (κ3) is 2.90. The normalized spacial score (nSPS) is 12.2. The van der Waals surface area contributed by atoms with Gasteiger partial charge in [0.05, 0.1) is 11.0 Å². The Morgan fingerprint density at radius 1 is 1.62 bits per heavy atom. The van der Waals surface area contributed by atoms with Gasteiger partial charge >= 0.3 is 0 Å². The predicted octanol–water partition coefficient (Wildman–Crippen LogP) is 1.55. The lowest BCUT2D eigenvalue weighted by atomic mass is 10.2. The second kappa shape index (κ2) is 4.89. The number of benzene rings is 1. The van der Waals surface area contributed by atoms with E-state index in [1.807, 2.05) is 0 Å². The first kappa shape index (κ1) is 12.4. The fourth-order valence-electron chi connectivity index (χ4n) is 1.45. The first-order valence-electron chi connectivity index (χ1n) is 4.75. The molecule has 0 saturated heterocycles. The Morgan fingerprint density at radius 3 is 2.75 bits per heavy atom. The van der Waals surface area contributed by atoms with Crippen LogP contribution in [0.2, 0.25) is 0 Å². The van der Waals surface area contributed by atoms with E-state index in [4.69, 9.17) is 0 Å². The number of nitro benzene ring substituents is 1. The Hall–Kier alpha value is -1.69. The zero-order chi connectivity index (χ0) is 12.3. The SMILES string of the molecule is CC(O)CN(C)c1cc(F)ccc1[N+](=O)[O-]. The maximum absolute atomic E-state index is 13.0. The third-order valence-corrected chi connectivity index (χ3v) is 2.08. The van der Waals surface area contributed by atoms with E-state index in [1.54, 1.807) is 14.0 Å². The van der Waals surface area contributed by atoms with Crippen LogP contribution in [-0.4, -0.2) is 29.7 Å². The summed E-state index contributed by atoms with van der Waals surface area (Å²) in [5, 5.41) is 19.9. The lowest BCUT2D eigenvalue weighted by molar-refractivity contribution is -0.384. The molecule has 6 heteroatoms. The molecule has 0 bridgehead atoms. The molecule has 1 unspecified atom stereocenters. The van der Waals surface area contributed by atoms with Crippen molar-refractivity contribution < 1.29 is 14.4 Å². The summed E-state index contributed by atoms with van der Waals surface area (Å²) in [6.07, 6.45) is -0.645. The van der Waals surface area contributed by atoms with Crippen LogP contribution in [0.1, 0.15) is 6.92 Å². The fourth-order valence-corrected chi connectivity index (χ4v) is 1.45. The Kier molecular flexibility index (Phi) is 3.78. The molecule has 1 rings (SSSR count). The monoisotopic (exact) mass is 228 g/mol. The van der Waals surface area contributed by atoms with Crippen molar-refractivity contribution in [3.05, 3.63) is 34.1 Å². The minimum atomic E-state index is -0.645. The van der Waals surface area contributed by atoms with E-state index in [2.05, 4.69) is 0 Å². The summed E-state index contributed by atoms with van der Waals surface area (Å²) < 4.78 is 13.0. The summed E-state index contributed by atoms with van der Waals surface area (Å²) in [6, 6.07) is 3.24. The van der Waals surface area contributed by atoms with Crippen molar-refractivity contribution in [2.24, 2.45) is 0 Å². The van der Waals surface area contributed by atoms with Gasteiger partial charge in [-0.3, -0.25) is 10.1 Å². The molecule has 16 heavy (non-hydrogen) atoms. The summed E-state index contributed by atoms with van der Waals surface area (Å²) in [5.74, 6) is -0.543. The van der Waals surface area contributed by atoms with Crippen LogP contribution in [0.15, 0.2) is 18.2 Å². The van der Waals surface area contributed by atoms with Gasteiger partial charge in [0.15, 0.2) is 0 Å². The molecule has 0 saturated carbocycles. The van der Waals surface area contributed by atoms with Crippen LogP contribution in [0.3, 0.4) is 0 Å². The zero-order valence-corrected chi connectivity index (χ0v) is 9.05. The van der Waals surface area contributed by atoms with Crippen molar-refractivity contribution >= 4 is 11.4 Å². The lowest BCUT2D eigenvalue weighted by Gasteiger charge is -2.20. The Bertz CT molecular complexity index is 396. The number of halogens is 1. The standard InChI is InChI=1S/C10H13FN2O3/c1-7(14)6-12(2)10-5-8(11)3-4-9(10)13(15)16/h3-5,7,14H,6H2,1-2H3. The molecule has 88 valence electrons. The Morgan fingerprint density at radius 2 is 2.25 bits per heavy atom. The number of hydrogen-bond donors (Lipinski definition) is 1. The molecule has 0 radical (unpaired) electrons. The van der Waals surface area contributed by atoms with E-state index in [9.17, 15) is 19.6 Å². The number of anilines is 1. The quantitative estimate of drug-likeness (QED) is 0.627. The minimum Gasteiger partial charge on any atom is -0.392 e. The molecule has 0 fully saturated rings. The van der Waals surface area contributed by atoms with Crippen molar-refractivity contribution in [3.8, 4) is 0 Å². The molecule has 1 aromatic carbocycles. The van der Waals surface area contributed by atoms with E-state index in [1.165, 1.54) is 4.90 Å². The van der Waals surface area contributed by atoms with Crippen LogP contribution in [0, 0.1) is 15.9 Å². The topological polar surface area (TPSA) is 66.6 Å². The molecule has 0 aliphatic heterocycles. The van der Waals surface area contributed by atoms with Crippen LogP contribution in [0.5, 0.6) is 0 Å². The molecule has 1 N–H and O–H groups in total. The van der Waals surface area contributed by atoms with Crippen molar-refractivity contribution in [1.82, 2.24) is 0 Å². The number of aliphatic hydroxyl groups excluding tert-OH is 1. The zero-order valence-electron chi connectivity index (χ0n) is 9.05. The van der Waals surface area contributed by atoms with E-state index in [-0.39, 0.29) is 17.9 Å². The highest BCUT2D eigenvalue weighted by Crippen LogP contribution is 2.27. The first-order valence-corrected chi connectivity index (χ1v) is 4.75. The average molecular weight is 228 g/mol. The van der Waals surface area contributed by atoms with Gasteiger partial charge in [-0.15, -0.1) is 0 Å². The molecule has 0 amide bonds. The van der Waals surface area contributed by atoms with E-state index >= 15 is 0 Å². The van der Waals surface area contributed by atoms with Gasteiger partial charge in [0.25, 0.3) is 5.69 Å². The smallest absolute Gasteiger partial charge is 0.292 e. The summed E-state index contributed by atoms with van der Waals surface area (Å²) in [4.78, 5) is 11.6. The van der Waals surface area contributed by atoms with Crippen molar-refractivity contribution in [2.75, 3.05) is 18.5 Å². The molecule has 0 heterocycles. The Balaban J connectivity index is 3.09. The molecule has 1 aromatic rings. The second-order valence-electron chi connectivity index (χ2n) is 3.62. The van der Waals surface area contributed by atoms with Crippen LogP contribution < -0.4 is 4.90 Å². The number of aliphatic hydroxyl groups is 1. The molecule has 0 aromatic heterocycles. The van der Waals surface area contributed by atoms with E-state index in [0.717, 1.165) is 18.2 Å². The highest BCUT2D eigenvalue weighted by Gasteiger charge is 2.18. The number of rotatable bonds is 4. The van der Waals surface area contributed by atoms with Gasteiger partial charge in [0.2, 0.25) is 0 Å². The van der Waals surface area contributed by atoms with Gasteiger partial charge in [0.1, 0.15) is 11.5 Å². The van der Waals surface area contributed by atoms with Crippen LogP contribution in [-0.2, 0) is 0 Å². The maximum Gasteiger partial charge on any atom is 0.292 e. The molecule has 0 spiro atoms. The predicted molar refractivity (Wildman–Crippen MR) is 58.0 cm³/mol. The summed E-state index contributed by atoms with van der Waals surface area (Å²) >= 11 is 0. The van der Waals surface area contributed by atoms with Crippen molar-refractivity contribution in [2.45, 2.75) is 13.0 Å². The van der Waals surface area contributed by atoms with E-state index < -0.39 is 16.8 Å². The molecule has 0 aliphatic rings. The van der Waals surface area contributed by atoms with E-state index in [0.29, 0.717) is 0 Å². The summed E-state index contributed by atoms with van der Waals surface area (Å²) in [6.45, 7) is 1.76. The Labute approximate surface area is 92.3 Å². The van der Waals surface area contributed by atoms with Gasteiger partial charge in [0, 0.05) is 25.7 Å². The highest BCUT2D eigenvalue weighted by atomic mass is 19.1. The average Bonchev–Trinajstić information content (AvgIpc) is 2.15. The van der Waals surface area contributed by atoms with Crippen LogP contribution >= 0.6 is 0 Å². The van der Waals surface area contributed by atoms with Crippen molar-refractivity contribution in [1.29, 1.82) is 0 Å². The van der Waals surface area contributed by atoms with Gasteiger partial charge in [-0.1, -0.05) is 0 Å². The van der Waals surface area contributed by atoms with Gasteiger partial charge in [-0.05, 0) is 13.0 Å². The van der Waals surface area contributed by atoms with Gasteiger partial charge in [-0.25, -0.2) is 4.39 Å². The molecule has 0 aliphatic carbocycles. The highest BCUT2D eigenvalue weighted by molar-refractivity contribution is 5.62. The molecular formula is C10H13FN2O3. The van der Waals surface area contributed by atoms with Crippen LogP contribution in [0.25, 0.3) is 0 Å². The summed E-state index contributed by atoms with van der Waals surface area (Å²) in [5.41, 5.74) is -0.0181. The minimum absolute atomic E-state index is 0.158. The van der Waals surface area contributed by atoms with Gasteiger partial charge in [-0.2, -0.15) is 0 Å². The fraction of sp³-hybridized carbons (Fsp3) is 0.400. The number of likely N-dealkylation sites (N-methyl/N-ethyl adjacent to an activating group) is 1. The van der Waals surface area contributed by atoms with Gasteiger partial charge < -0.3 is 10.0 Å². The number of nitrogens with zero attached hydrogens (tertiary/aromatic N) is 2.